The van der Waals surface area contributed by atoms with Gasteiger partial charge in [-0.2, -0.15) is 4.99 Å². The molecule has 1 amide bonds. The van der Waals surface area contributed by atoms with Crippen molar-refractivity contribution in [3.63, 3.8) is 0 Å². The summed E-state index contributed by atoms with van der Waals surface area (Å²) >= 11 is 0. The number of nitro groups is 1. The number of allylic oxidation sites excluding steroid dienone is 1. The van der Waals surface area contributed by atoms with Crippen LogP contribution in [0.15, 0.2) is 69.8 Å². The molecular weight excluding hydrogens is 414 g/mol. The van der Waals surface area contributed by atoms with E-state index in [0.717, 1.165) is 0 Å². The highest BCUT2D eigenvalue weighted by Crippen LogP contribution is 2.27. The third-order valence-corrected chi connectivity index (χ3v) is 4.38. The summed E-state index contributed by atoms with van der Waals surface area (Å²) in [6.45, 7) is 6.41. The quantitative estimate of drug-likeness (QED) is 0.252. The number of aliphatic hydroxyl groups is 1. The Morgan fingerprint density at radius 1 is 1.06 bits per heavy atom. The van der Waals surface area contributed by atoms with Crippen molar-refractivity contribution in [3.8, 4) is 0 Å². The van der Waals surface area contributed by atoms with Crippen molar-refractivity contribution >= 4 is 29.1 Å². The molecule has 164 valence electrons. The van der Waals surface area contributed by atoms with Crippen LogP contribution in [0.4, 0.5) is 5.69 Å². The summed E-state index contributed by atoms with van der Waals surface area (Å²) in [5, 5.41) is 21.5. The molecule has 9 heteroatoms. The minimum Gasteiger partial charge on any atom is -0.512 e. The fourth-order valence-corrected chi connectivity index (χ4v) is 3.10. The topological polar surface area (TPSA) is 131 Å². The van der Waals surface area contributed by atoms with Crippen molar-refractivity contribution in [2.75, 3.05) is 0 Å². The monoisotopic (exact) mass is 435 g/mol. The van der Waals surface area contributed by atoms with Crippen LogP contribution in [0.25, 0.3) is 0 Å². The number of nitro benzene ring substituents is 1. The molecule has 0 atom stereocenters. The number of aliphatic hydroxyl groups excluding tert-OH is 1. The van der Waals surface area contributed by atoms with Crippen molar-refractivity contribution < 1.29 is 24.4 Å². The van der Waals surface area contributed by atoms with Crippen molar-refractivity contribution in [3.05, 3.63) is 86.7 Å². The number of nitrogens with zero attached hydrogens (tertiary/aromatic N) is 3. The lowest BCUT2D eigenvalue weighted by atomic mass is 9.99. The average Bonchev–Trinajstić information content (AvgIpc) is 3.04. The van der Waals surface area contributed by atoms with Crippen LogP contribution in [-0.4, -0.2) is 39.1 Å². The zero-order valence-corrected chi connectivity index (χ0v) is 17.9. The van der Waals surface area contributed by atoms with Gasteiger partial charge < -0.3 is 9.84 Å². The molecule has 3 rings (SSSR count). The number of carbonyl (C=O) groups is 2. The summed E-state index contributed by atoms with van der Waals surface area (Å²) in [6.07, 6.45) is 0. The maximum absolute atomic E-state index is 12.8. The Morgan fingerprint density at radius 3 is 2.25 bits per heavy atom. The number of carbonyl (C=O) groups excluding carboxylic acids is 2. The molecule has 1 N–H and O–H groups in total. The number of benzene rings is 2. The third-order valence-electron chi connectivity index (χ3n) is 4.38. The van der Waals surface area contributed by atoms with Crippen LogP contribution in [0.1, 0.15) is 49.2 Å². The number of hydrogen-bond acceptors (Lipinski definition) is 6. The van der Waals surface area contributed by atoms with Gasteiger partial charge in [0.05, 0.1) is 10.6 Å². The lowest BCUT2D eigenvalue weighted by Crippen LogP contribution is -2.28. The largest absolute Gasteiger partial charge is 0.512 e. The number of amidine groups is 1. The fourth-order valence-electron chi connectivity index (χ4n) is 3.10. The molecule has 0 bridgehead atoms. The molecule has 0 saturated carbocycles. The first-order chi connectivity index (χ1) is 15.0. The second-order valence-electron chi connectivity index (χ2n) is 7.98. The summed E-state index contributed by atoms with van der Waals surface area (Å²) in [7, 11) is 0. The van der Waals surface area contributed by atoms with Gasteiger partial charge in [-0.1, -0.05) is 36.4 Å². The van der Waals surface area contributed by atoms with E-state index in [-0.39, 0.29) is 34.1 Å². The standard InChI is InChI=1S/C23H21N3O6/c1-13(27)18(22(29)32-23(2,3)4)19-14-9-5-6-10-15(14)20(24-19)25-21(28)16-11-7-8-12-17(16)26(30)31/h5-12,27H,1-4H3/b18-13+,25-20?. The SMILES string of the molecule is C/C(O)=C(\C(=O)OC(C)(C)C)C1=NC(=NC(=O)c2ccccc2[N+](=O)[O-])c2ccccc21. The summed E-state index contributed by atoms with van der Waals surface area (Å²) in [5.41, 5.74) is -0.521. The second-order valence-corrected chi connectivity index (χ2v) is 7.98. The van der Waals surface area contributed by atoms with Gasteiger partial charge in [0.15, 0.2) is 5.84 Å². The van der Waals surface area contributed by atoms with E-state index in [0.29, 0.717) is 11.1 Å². The van der Waals surface area contributed by atoms with E-state index in [1.54, 1.807) is 45.0 Å². The highest BCUT2D eigenvalue weighted by Gasteiger charge is 2.32. The molecule has 1 aliphatic rings. The molecule has 9 nitrogen and oxygen atoms in total. The molecule has 0 aliphatic carbocycles. The first-order valence-electron chi connectivity index (χ1n) is 9.68. The van der Waals surface area contributed by atoms with Gasteiger partial charge in [0.2, 0.25) is 0 Å². The van der Waals surface area contributed by atoms with Gasteiger partial charge in [-0.05, 0) is 33.8 Å². The van der Waals surface area contributed by atoms with E-state index in [2.05, 4.69) is 9.98 Å². The maximum atomic E-state index is 12.8. The molecule has 0 aromatic heterocycles. The maximum Gasteiger partial charge on any atom is 0.344 e. The number of hydrogen-bond donors (Lipinski definition) is 1. The Kier molecular flexibility index (Phi) is 6.02. The number of aliphatic imine (C=N–C) groups is 2. The van der Waals surface area contributed by atoms with Crippen LogP contribution >= 0.6 is 0 Å². The van der Waals surface area contributed by atoms with Crippen LogP contribution in [-0.2, 0) is 9.53 Å². The molecule has 0 radical (unpaired) electrons. The number of esters is 1. The molecule has 0 spiro atoms. The van der Waals surface area contributed by atoms with Crippen LogP contribution in [0.3, 0.4) is 0 Å². The molecule has 0 saturated heterocycles. The van der Waals surface area contributed by atoms with Gasteiger partial charge >= 0.3 is 5.97 Å². The Bertz CT molecular complexity index is 1210. The number of rotatable bonds is 4. The normalized spacial score (nSPS) is 15.0. The summed E-state index contributed by atoms with van der Waals surface area (Å²) in [6, 6.07) is 12.2. The number of amides is 1. The predicted molar refractivity (Wildman–Crippen MR) is 118 cm³/mol. The average molecular weight is 435 g/mol. The van der Waals surface area contributed by atoms with Crippen LogP contribution in [0.5, 0.6) is 0 Å². The fraction of sp³-hybridized carbons (Fsp3) is 0.217. The molecule has 1 heterocycles. The summed E-state index contributed by atoms with van der Waals surface area (Å²) < 4.78 is 5.40. The van der Waals surface area contributed by atoms with Gasteiger partial charge in [0.25, 0.3) is 11.6 Å². The zero-order chi connectivity index (χ0) is 23.6. The van der Waals surface area contributed by atoms with Crippen molar-refractivity contribution in [1.82, 2.24) is 0 Å². The first-order valence-corrected chi connectivity index (χ1v) is 9.68. The second kappa shape index (κ2) is 8.54. The Balaban J connectivity index is 2.12. The van der Waals surface area contributed by atoms with Crippen LogP contribution in [0.2, 0.25) is 0 Å². The molecule has 0 fully saturated rings. The first kappa shape index (κ1) is 22.5. The predicted octanol–water partition coefficient (Wildman–Crippen LogP) is 4.16. The lowest BCUT2D eigenvalue weighted by molar-refractivity contribution is -0.385. The van der Waals surface area contributed by atoms with E-state index < -0.39 is 22.4 Å². The van der Waals surface area contributed by atoms with E-state index in [9.17, 15) is 24.8 Å². The lowest BCUT2D eigenvalue weighted by Gasteiger charge is -2.21. The van der Waals surface area contributed by atoms with Crippen molar-refractivity contribution in [1.29, 1.82) is 0 Å². The van der Waals surface area contributed by atoms with Gasteiger partial charge in [-0.15, -0.1) is 0 Å². The minimum atomic E-state index is -0.851. The molecule has 2 aromatic rings. The Morgan fingerprint density at radius 2 is 1.66 bits per heavy atom. The molecular formula is C23H21N3O6. The van der Waals surface area contributed by atoms with E-state index in [1.165, 1.54) is 31.2 Å². The smallest absolute Gasteiger partial charge is 0.344 e. The van der Waals surface area contributed by atoms with Crippen molar-refractivity contribution in [2.45, 2.75) is 33.3 Å². The number of fused-ring (bicyclic) bond motifs is 1. The zero-order valence-electron chi connectivity index (χ0n) is 17.9. The summed E-state index contributed by atoms with van der Waals surface area (Å²) in [4.78, 5) is 44.4. The van der Waals surface area contributed by atoms with E-state index in [4.69, 9.17) is 4.74 Å². The van der Waals surface area contributed by atoms with Gasteiger partial charge in [-0.25, -0.2) is 9.79 Å². The molecule has 1 aliphatic heterocycles. The highest BCUT2D eigenvalue weighted by molar-refractivity contribution is 6.36. The van der Waals surface area contributed by atoms with Gasteiger partial charge in [0, 0.05) is 17.2 Å². The molecule has 32 heavy (non-hydrogen) atoms. The van der Waals surface area contributed by atoms with E-state index in [1.807, 2.05) is 0 Å². The number of ether oxygens (including phenoxy) is 1. The van der Waals surface area contributed by atoms with Gasteiger partial charge in [-0.3, -0.25) is 14.9 Å². The third kappa shape index (κ3) is 4.61. The summed E-state index contributed by atoms with van der Waals surface area (Å²) in [5.74, 6) is -1.96. The van der Waals surface area contributed by atoms with E-state index >= 15 is 0 Å². The molecule has 2 aromatic carbocycles. The Hall–Kier alpha value is -4.14. The Labute approximate surface area is 183 Å². The van der Waals surface area contributed by atoms with Crippen LogP contribution < -0.4 is 0 Å². The molecule has 0 unspecified atom stereocenters. The minimum absolute atomic E-state index is 0.0268. The van der Waals surface area contributed by atoms with Crippen molar-refractivity contribution in [2.24, 2.45) is 9.98 Å². The number of para-hydroxylation sites is 1. The highest BCUT2D eigenvalue weighted by atomic mass is 16.6. The van der Waals surface area contributed by atoms with Crippen LogP contribution in [0, 0.1) is 10.1 Å². The van der Waals surface area contributed by atoms with Gasteiger partial charge in [0.1, 0.15) is 22.5 Å².